The predicted octanol–water partition coefficient (Wildman–Crippen LogP) is 4.49. The molecule has 182 valence electrons. The van der Waals surface area contributed by atoms with Crippen molar-refractivity contribution in [2.75, 3.05) is 11.1 Å². The van der Waals surface area contributed by atoms with Crippen LogP contribution in [0.15, 0.2) is 79.0 Å². The molecule has 9 nitrogen and oxygen atoms in total. The minimum absolute atomic E-state index is 0.130. The van der Waals surface area contributed by atoms with Gasteiger partial charge in [-0.2, -0.15) is 10.2 Å². The molecule has 0 saturated carbocycles. The maximum absolute atomic E-state index is 12.9. The Morgan fingerprint density at radius 3 is 2.35 bits per heavy atom. The van der Waals surface area contributed by atoms with Gasteiger partial charge < -0.3 is 11.1 Å². The Bertz CT molecular complexity index is 1800. The summed E-state index contributed by atoms with van der Waals surface area (Å²) in [5, 5.41) is 12.4. The lowest BCUT2D eigenvalue weighted by atomic mass is 10.1. The number of nitrogen functional groups attached to an aromatic ring is 1. The maximum Gasteiger partial charge on any atom is 0.230 e. The molecule has 6 aromatic rings. The summed E-state index contributed by atoms with van der Waals surface area (Å²) in [5.41, 5.74) is 14.6. The fourth-order valence-corrected chi connectivity index (χ4v) is 4.36. The van der Waals surface area contributed by atoms with Gasteiger partial charge in [-0.25, -0.2) is 19.0 Å². The zero-order chi connectivity index (χ0) is 25.5. The minimum atomic E-state index is -0.159. The number of nitrogens with one attached hydrogen (secondary N) is 1. The number of anilines is 2. The van der Waals surface area contributed by atoms with Gasteiger partial charge in [0.15, 0.2) is 11.3 Å². The molecule has 9 heteroatoms. The Morgan fingerprint density at radius 1 is 0.865 bits per heavy atom. The number of amides is 1. The number of fused-ring (bicyclic) bond motifs is 2. The average molecular weight is 489 g/mol. The van der Waals surface area contributed by atoms with Gasteiger partial charge in [0.25, 0.3) is 0 Å². The van der Waals surface area contributed by atoms with Crippen molar-refractivity contribution in [2.24, 2.45) is 0 Å². The highest BCUT2D eigenvalue weighted by Gasteiger charge is 2.15. The maximum atomic E-state index is 12.9. The summed E-state index contributed by atoms with van der Waals surface area (Å²) in [4.78, 5) is 21.9. The van der Waals surface area contributed by atoms with E-state index in [1.165, 1.54) is 0 Å². The number of nitrogens with zero attached hydrogens (tertiary/aromatic N) is 6. The van der Waals surface area contributed by atoms with E-state index in [0.29, 0.717) is 22.7 Å². The molecule has 0 radical (unpaired) electrons. The summed E-state index contributed by atoms with van der Waals surface area (Å²) in [6, 6.07) is 22.9. The Hall–Kier alpha value is -5.05. The summed E-state index contributed by atoms with van der Waals surface area (Å²) < 4.78 is 3.57. The Morgan fingerprint density at radius 2 is 1.57 bits per heavy atom. The van der Waals surface area contributed by atoms with Crippen LogP contribution in [0, 0.1) is 13.8 Å². The number of hydrogen-bond acceptors (Lipinski definition) is 6. The second-order valence-electron chi connectivity index (χ2n) is 8.95. The van der Waals surface area contributed by atoms with Crippen LogP contribution in [-0.4, -0.2) is 35.1 Å². The van der Waals surface area contributed by atoms with Gasteiger partial charge in [0.05, 0.1) is 41.1 Å². The van der Waals surface area contributed by atoms with Gasteiger partial charge in [0, 0.05) is 22.5 Å². The fraction of sp³-hybridized carbons (Fsp3) is 0.107. The van der Waals surface area contributed by atoms with Gasteiger partial charge in [0.1, 0.15) is 0 Å². The number of hydrogen-bond donors (Lipinski definition) is 2. The molecular formula is C28H24N8O. The quantitative estimate of drug-likeness (QED) is 0.346. The Balaban J connectivity index is 1.22. The van der Waals surface area contributed by atoms with E-state index in [0.717, 1.165) is 39.5 Å². The zero-order valence-electron chi connectivity index (χ0n) is 20.4. The first kappa shape index (κ1) is 22.4. The number of nitrogens with two attached hydrogens (primary N) is 1. The topological polar surface area (TPSA) is 116 Å². The van der Waals surface area contributed by atoms with Crippen molar-refractivity contribution in [1.29, 1.82) is 0 Å². The van der Waals surface area contributed by atoms with Gasteiger partial charge in [-0.3, -0.25) is 4.79 Å². The SMILES string of the molecule is Cc1cnc2ccc(-c3cccc(NC(=O)Cc4nc5ccc(-c6cccc(N)c6)nn5c4C)c3)nn12. The van der Waals surface area contributed by atoms with Gasteiger partial charge in [-0.15, -0.1) is 0 Å². The predicted molar refractivity (Wildman–Crippen MR) is 143 cm³/mol. The Kier molecular flexibility index (Phi) is 5.37. The van der Waals surface area contributed by atoms with Crippen molar-refractivity contribution in [1.82, 2.24) is 29.2 Å². The number of carbonyl (C=O) groups excluding carboxylic acids is 1. The van der Waals surface area contributed by atoms with Crippen LogP contribution in [0.5, 0.6) is 0 Å². The van der Waals surface area contributed by atoms with Crippen molar-refractivity contribution in [2.45, 2.75) is 20.3 Å². The molecule has 0 atom stereocenters. The van der Waals surface area contributed by atoms with E-state index in [2.05, 4.69) is 20.4 Å². The second kappa shape index (κ2) is 8.87. The summed E-state index contributed by atoms with van der Waals surface area (Å²) in [7, 11) is 0. The zero-order valence-corrected chi connectivity index (χ0v) is 20.4. The second-order valence-corrected chi connectivity index (χ2v) is 8.95. The molecule has 0 aliphatic carbocycles. The first-order chi connectivity index (χ1) is 17.9. The monoisotopic (exact) mass is 488 g/mol. The van der Waals surface area contributed by atoms with Crippen molar-refractivity contribution >= 4 is 28.6 Å². The van der Waals surface area contributed by atoms with Crippen molar-refractivity contribution in [3.63, 3.8) is 0 Å². The smallest absolute Gasteiger partial charge is 0.230 e. The molecule has 0 aliphatic heterocycles. The minimum Gasteiger partial charge on any atom is -0.399 e. The van der Waals surface area contributed by atoms with Crippen LogP contribution in [0.1, 0.15) is 17.1 Å². The summed E-state index contributed by atoms with van der Waals surface area (Å²) in [6.07, 6.45) is 1.92. The van der Waals surface area contributed by atoms with Crippen molar-refractivity contribution in [3.05, 3.63) is 96.1 Å². The Labute approximate surface area is 212 Å². The molecule has 0 unspecified atom stereocenters. The van der Waals surface area contributed by atoms with Crippen LogP contribution in [-0.2, 0) is 11.2 Å². The third-order valence-electron chi connectivity index (χ3n) is 6.29. The summed E-state index contributed by atoms with van der Waals surface area (Å²) in [6.45, 7) is 3.88. The van der Waals surface area contributed by atoms with E-state index < -0.39 is 0 Å². The standard InChI is InChI=1S/C28H24N8O/c1-17-16-30-26-11-9-24(33-35(17)26)20-6-4-8-22(14-20)31-28(37)15-25-18(2)36-27(32-25)12-10-23(34-36)19-5-3-7-21(29)13-19/h3-14,16H,15,29H2,1-2H3,(H,31,37). The largest absolute Gasteiger partial charge is 0.399 e. The first-order valence-corrected chi connectivity index (χ1v) is 11.9. The number of carbonyl (C=O) groups is 1. The van der Waals surface area contributed by atoms with Crippen molar-refractivity contribution in [3.8, 4) is 22.5 Å². The summed E-state index contributed by atoms with van der Waals surface area (Å²) in [5.74, 6) is -0.159. The number of benzene rings is 2. The molecule has 0 saturated heterocycles. The van der Waals surface area contributed by atoms with Gasteiger partial charge in [0.2, 0.25) is 5.91 Å². The van der Waals surface area contributed by atoms with Crippen LogP contribution in [0.3, 0.4) is 0 Å². The normalized spacial score (nSPS) is 11.3. The van der Waals surface area contributed by atoms with Crippen LogP contribution in [0.2, 0.25) is 0 Å². The number of imidazole rings is 2. The average Bonchev–Trinajstić information content (AvgIpc) is 3.42. The molecule has 2 aromatic carbocycles. The lowest BCUT2D eigenvalue weighted by molar-refractivity contribution is -0.115. The van der Waals surface area contributed by atoms with E-state index in [1.54, 1.807) is 15.2 Å². The third-order valence-corrected chi connectivity index (χ3v) is 6.29. The van der Waals surface area contributed by atoms with E-state index >= 15 is 0 Å². The molecule has 6 rings (SSSR count). The van der Waals surface area contributed by atoms with Gasteiger partial charge >= 0.3 is 0 Å². The lowest BCUT2D eigenvalue weighted by Gasteiger charge is -2.08. The first-order valence-electron chi connectivity index (χ1n) is 11.9. The van der Waals surface area contributed by atoms with Crippen LogP contribution >= 0.6 is 0 Å². The highest BCUT2D eigenvalue weighted by molar-refractivity contribution is 5.93. The molecule has 4 heterocycles. The molecule has 0 aliphatic rings. The lowest BCUT2D eigenvalue weighted by Crippen LogP contribution is -2.15. The molecule has 0 fully saturated rings. The van der Waals surface area contributed by atoms with Crippen LogP contribution in [0.25, 0.3) is 33.8 Å². The molecule has 37 heavy (non-hydrogen) atoms. The van der Waals surface area contributed by atoms with E-state index in [9.17, 15) is 4.79 Å². The molecule has 1 amide bonds. The number of aromatic nitrogens is 6. The van der Waals surface area contributed by atoms with Crippen LogP contribution < -0.4 is 11.1 Å². The van der Waals surface area contributed by atoms with Crippen molar-refractivity contribution < 1.29 is 4.79 Å². The molecule has 4 aromatic heterocycles. The fourth-order valence-electron chi connectivity index (χ4n) is 4.36. The highest BCUT2D eigenvalue weighted by Crippen LogP contribution is 2.23. The molecule has 3 N–H and O–H groups in total. The van der Waals surface area contributed by atoms with E-state index in [1.807, 2.05) is 86.6 Å². The molecule has 0 bridgehead atoms. The third kappa shape index (κ3) is 4.27. The molecular weight excluding hydrogens is 464 g/mol. The highest BCUT2D eigenvalue weighted by atomic mass is 16.1. The van der Waals surface area contributed by atoms with Gasteiger partial charge in [-0.05, 0) is 62.4 Å². The number of aryl methyl sites for hydroxylation is 2. The van der Waals surface area contributed by atoms with Gasteiger partial charge in [-0.1, -0.05) is 24.3 Å². The molecule has 0 spiro atoms. The van der Waals surface area contributed by atoms with E-state index in [4.69, 9.17) is 10.8 Å². The van der Waals surface area contributed by atoms with E-state index in [-0.39, 0.29) is 12.3 Å². The summed E-state index contributed by atoms with van der Waals surface area (Å²) >= 11 is 0. The number of rotatable bonds is 5. The van der Waals surface area contributed by atoms with Crippen LogP contribution in [0.4, 0.5) is 11.4 Å².